The molecule has 2 heterocycles. The highest BCUT2D eigenvalue weighted by molar-refractivity contribution is 14.1. The molecule has 5 heteroatoms. The molecule has 0 amide bonds. The first kappa shape index (κ1) is 22.1. The minimum absolute atomic E-state index is 0.0588. The van der Waals surface area contributed by atoms with E-state index < -0.39 is 0 Å². The monoisotopic (exact) mass is 500 g/mol. The van der Waals surface area contributed by atoms with E-state index in [0.29, 0.717) is 25.4 Å². The minimum Gasteiger partial charge on any atom is -0.497 e. The SMILES string of the molecule is COc1ccc(COC/C=C(\C)CC[C@H]2O[C@]2(C)CC[C@@H]2O[C@@]2(C)CI)cc1. The minimum atomic E-state index is 0.0588. The summed E-state index contributed by atoms with van der Waals surface area (Å²) in [5, 5.41) is 0. The first-order valence-electron chi connectivity index (χ1n) is 10.2. The Labute approximate surface area is 183 Å². The molecular weight excluding hydrogens is 467 g/mol. The summed E-state index contributed by atoms with van der Waals surface area (Å²) in [4.78, 5) is 0. The van der Waals surface area contributed by atoms with E-state index in [1.54, 1.807) is 7.11 Å². The zero-order chi connectivity index (χ0) is 20.2. The second-order valence-electron chi connectivity index (χ2n) is 8.46. The van der Waals surface area contributed by atoms with Gasteiger partial charge in [0.1, 0.15) is 11.4 Å². The summed E-state index contributed by atoms with van der Waals surface area (Å²) in [6, 6.07) is 8.00. The second kappa shape index (κ2) is 9.45. The first-order valence-corrected chi connectivity index (χ1v) is 11.7. The van der Waals surface area contributed by atoms with Crippen LogP contribution in [0.1, 0.15) is 52.0 Å². The first-order chi connectivity index (χ1) is 13.4. The van der Waals surface area contributed by atoms with E-state index in [1.165, 1.54) is 5.57 Å². The van der Waals surface area contributed by atoms with Crippen molar-refractivity contribution in [1.82, 2.24) is 0 Å². The summed E-state index contributed by atoms with van der Waals surface area (Å²) >= 11 is 2.41. The zero-order valence-corrected chi connectivity index (χ0v) is 19.7. The van der Waals surface area contributed by atoms with Gasteiger partial charge in [-0.05, 0) is 64.2 Å². The largest absolute Gasteiger partial charge is 0.497 e. The molecule has 2 fully saturated rings. The number of alkyl halides is 1. The standard InChI is InChI=1S/C23H33IO4/c1-17(12-14-26-15-18-6-8-19(25-4)9-7-18)5-10-20-22(2,27-20)13-11-21-23(3,16-24)28-21/h6-9,12,20-21H,5,10-11,13-16H2,1-4H3/b17-12+/t20-,21+,22-,23+/m1/s1. The van der Waals surface area contributed by atoms with Crippen molar-refractivity contribution in [2.24, 2.45) is 0 Å². The van der Waals surface area contributed by atoms with Crippen LogP contribution in [0.2, 0.25) is 0 Å². The Balaban J connectivity index is 1.28. The van der Waals surface area contributed by atoms with Gasteiger partial charge >= 0.3 is 0 Å². The summed E-state index contributed by atoms with van der Waals surface area (Å²) in [5.41, 5.74) is 2.71. The highest BCUT2D eigenvalue weighted by Crippen LogP contribution is 2.47. The molecule has 4 nitrogen and oxygen atoms in total. The van der Waals surface area contributed by atoms with E-state index in [-0.39, 0.29) is 11.2 Å². The highest BCUT2D eigenvalue weighted by Gasteiger charge is 2.55. The van der Waals surface area contributed by atoms with Crippen LogP contribution >= 0.6 is 22.6 Å². The quantitative estimate of drug-likeness (QED) is 0.126. The van der Waals surface area contributed by atoms with Gasteiger partial charge in [-0.3, -0.25) is 0 Å². The summed E-state index contributed by atoms with van der Waals surface area (Å²) in [7, 11) is 1.68. The maximum absolute atomic E-state index is 6.01. The second-order valence-corrected chi connectivity index (χ2v) is 9.23. The number of allylic oxidation sites excluding steroid dienone is 1. The smallest absolute Gasteiger partial charge is 0.118 e. The molecule has 0 spiro atoms. The third-order valence-corrected chi connectivity index (χ3v) is 7.53. The van der Waals surface area contributed by atoms with E-state index in [0.717, 1.165) is 41.4 Å². The molecule has 0 radical (unpaired) electrons. The molecule has 0 aliphatic carbocycles. The van der Waals surface area contributed by atoms with Crippen LogP contribution in [0, 0.1) is 0 Å². The lowest BCUT2D eigenvalue weighted by atomic mass is 9.94. The van der Waals surface area contributed by atoms with E-state index in [4.69, 9.17) is 18.9 Å². The van der Waals surface area contributed by atoms with Gasteiger partial charge in [-0.1, -0.05) is 46.4 Å². The zero-order valence-electron chi connectivity index (χ0n) is 17.5. The highest BCUT2D eigenvalue weighted by atomic mass is 127. The number of halogens is 1. The van der Waals surface area contributed by atoms with Crippen molar-refractivity contribution in [3.8, 4) is 5.75 Å². The van der Waals surface area contributed by atoms with Crippen molar-refractivity contribution in [3.05, 3.63) is 41.5 Å². The molecule has 2 aliphatic heterocycles. The normalized spacial score (nSPS) is 31.7. The van der Waals surface area contributed by atoms with Gasteiger partial charge in [-0.15, -0.1) is 0 Å². The van der Waals surface area contributed by atoms with Crippen molar-refractivity contribution in [1.29, 1.82) is 0 Å². The van der Waals surface area contributed by atoms with E-state index in [2.05, 4.69) is 49.4 Å². The molecule has 28 heavy (non-hydrogen) atoms. The van der Waals surface area contributed by atoms with Crippen LogP contribution < -0.4 is 4.74 Å². The van der Waals surface area contributed by atoms with Crippen molar-refractivity contribution < 1.29 is 18.9 Å². The van der Waals surface area contributed by atoms with Crippen molar-refractivity contribution in [2.45, 2.75) is 76.5 Å². The maximum atomic E-state index is 6.01. The van der Waals surface area contributed by atoms with E-state index >= 15 is 0 Å². The fourth-order valence-corrected chi connectivity index (χ4v) is 4.30. The van der Waals surface area contributed by atoms with Crippen molar-refractivity contribution in [2.75, 3.05) is 18.1 Å². The number of benzene rings is 1. The van der Waals surface area contributed by atoms with E-state index in [9.17, 15) is 0 Å². The van der Waals surface area contributed by atoms with E-state index in [1.807, 2.05) is 24.3 Å². The molecule has 0 aromatic heterocycles. The Morgan fingerprint density at radius 1 is 1.11 bits per heavy atom. The van der Waals surface area contributed by atoms with Crippen LogP contribution in [0.3, 0.4) is 0 Å². The van der Waals surface area contributed by atoms with Crippen molar-refractivity contribution in [3.63, 3.8) is 0 Å². The van der Waals surface area contributed by atoms with Crippen LogP contribution in [0.15, 0.2) is 35.9 Å². The maximum Gasteiger partial charge on any atom is 0.118 e. The van der Waals surface area contributed by atoms with Crippen LogP contribution in [0.5, 0.6) is 5.75 Å². The molecule has 2 saturated heterocycles. The Kier molecular flexibility index (Phi) is 7.45. The number of rotatable bonds is 12. The summed E-state index contributed by atoms with van der Waals surface area (Å²) in [6.07, 6.45) is 7.37. The molecule has 1 aromatic rings. The molecule has 2 aliphatic rings. The van der Waals surface area contributed by atoms with Gasteiger partial charge in [-0.2, -0.15) is 0 Å². The van der Waals surface area contributed by atoms with Gasteiger partial charge in [0.2, 0.25) is 0 Å². The molecule has 0 N–H and O–H groups in total. The average molecular weight is 500 g/mol. The molecular formula is C23H33IO4. The van der Waals surface area contributed by atoms with Crippen LogP contribution in [-0.2, 0) is 20.8 Å². The third-order valence-electron chi connectivity index (χ3n) is 6.02. The van der Waals surface area contributed by atoms with Gasteiger partial charge in [-0.25, -0.2) is 0 Å². The summed E-state index contributed by atoms with van der Waals surface area (Å²) in [6.45, 7) is 7.91. The van der Waals surface area contributed by atoms with Gasteiger partial charge in [0.15, 0.2) is 0 Å². The molecule has 0 bridgehead atoms. The van der Waals surface area contributed by atoms with Crippen LogP contribution in [0.4, 0.5) is 0 Å². The molecule has 1 aromatic carbocycles. The van der Waals surface area contributed by atoms with Crippen LogP contribution in [0.25, 0.3) is 0 Å². The Morgan fingerprint density at radius 2 is 1.79 bits per heavy atom. The molecule has 0 saturated carbocycles. The number of hydrogen-bond acceptors (Lipinski definition) is 4. The number of hydrogen-bond donors (Lipinski definition) is 0. The van der Waals surface area contributed by atoms with Crippen molar-refractivity contribution >= 4 is 22.6 Å². The summed E-state index contributed by atoms with van der Waals surface area (Å²) < 4.78 is 23.8. The number of methoxy groups -OCH3 is 1. The lowest BCUT2D eigenvalue weighted by Crippen LogP contribution is -2.15. The fourth-order valence-electron chi connectivity index (χ4n) is 3.63. The number of ether oxygens (including phenoxy) is 4. The Hall–Kier alpha value is -0.630. The molecule has 0 unspecified atom stereocenters. The third kappa shape index (κ3) is 5.94. The predicted molar refractivity (Wildman–Crippen MR) is 120 cm³/mol. The lowest BCUT2D eigenvalue weighted by molar-refractivity contribution is 0.148. The van der Waals surface area contributed by atoms with Gasteiger partial charge in [0, 0.05) is 4.43 Å². The van der Waals surface area contributed by atoms with Gasteiger partial charge < -0.3 is 18.9 Å². The molecule has 4 atom stereocenters. The van der Waals surface area contributed by atoms with Gasteiger partial charge in [0.25, 0.3) is 0 Å². The summed E-state index contributed by atoms with van der Waals surface area (Å²) in [5.74, 6) is 0.873. The Bertz CT molecular complexity index is 674. The number of epoxide rings is 2. The molecule has 156 valence electrons. The Morgan fingerprint density at radius 3 is 2.43 bits per heavy atom. The average Bonchev–Trinajstić information content (AvgIpc) is 3.57. The topological polar surface area (TPSA) is 43.5 Å². The van der Waals surface area contributed by atoms with Crippen LogP contribution in [-0.4, -0.2) is 41.6 Å². The molecule has 3 rings (SSSR count). The fraction of sp³-hybridized carbons (Fsp3) is 0.652. The van der Waals surface area contributed by atoms with Gasteiger partial charge in [0.05, 0.1) is 38.1 Å². The lowest BCUT2D eigenvalue weighted by Gasteiger charge is -2.07. The predicted octanol–water partition coefficient (Wildman–Crippen LogP) is 5.47.